The summed E-state index contributed by atoms with van der Waals surface area (Å²) in [6, 6.07) is 0. The second-order valence-corrected chi connectivity index (χ2v) is 5.46. The van der Waals surface area contributed by atoms with Gasteiger partial charge in [-0.1, -0.05) is 6.92 Å². The SMILES string of the molecule is CCCNc1nc(C)nc(NC(C)(C)COC)c1C. The third kappa shape index (κ3) is 4.67. The molecule has 0 aliphatic rings. The molecule has 1 aromatic heterocycles. The highest BCUT2D eigenvalue weighted by Crippen LogP contribution is 2.23. The third-order valence-corrected chi connectivity index (χ3v) is 2.76. The molecule has 19 heavy (non-hydrogen) atoms. The maximum absolute atomic E-state index is 5.22. The quantitative estimate of drug-likeness (QED) is 0.794. The van der Waals surface area contributed by atoms with Gasteiger partial charge >= 0.3 is 0 Å². The van der Waals surface area contributed by atoms with Crippen LogP contribution in [0.2, 0.25) is 0 Å². The van der Waals surface area contributed by atoms with Gasteiger partial charge in [-0.15, -0.1) is 0 Å². The second kappa shape index (κ2) is 6.70. The minimum Gasteiger partial charge on any atom is -0.382 e. The van der Waals surface area contributed by atoms with Gasteiger partial charge in [-0.2, -0.15) is 0 Å². The van der Waals surface area contributed by atoms with Crippen molar-refractivity contribution in [3.63, 3.8) is 0 Å². The normalized spacial score (nSPS) is 11.5. The number of aryl methyl sites for hydroxylation is 1. The van der Waals surface area contributed by atoms with Crippen molar-refractivity contribution < 1.29 is 4.74 Å². The number of aromatic nitrogens is 2. The molecule has 2 N–H and O–H groups in total. The lowest BCUT2D eigenvalue weighted by atomic mass is 10.1. The first-order chi connectivity index (χ1) is 8.89. The van der Waals surface area contributed by atoms with Crippen molar-refractivity contribution in [2.45, 2.75) is 46.6 Å². The smallest absolute Gasteiger partial charge is 0.135 e. The molecule has 1 heterocycles. The highest BCUT2D eigenvalue weighted by Gasteiger charge is 2.20. The van der Waals surface area contributed by atoms with Crippen molar-refractivity contribution in [1.29, 1.82) is 0 Å². The molecule has 5 nitrogen and oxygen atoms in total. The number of rotatable bonds is 7. The van der Waals surface area contributed by atoms with Gasteiger partial charge in [0.25, 0.3) is 0 Å². The van der Waals surface area contributed by atoms with Crippen LogP contribution in [0.3, 0.4) is 0 Å². The van der Waals surface area contributed by atoms with Crippen molar-refractivity contribution in [1.82, 2.24) is 9.97 Å². The van der Waals surface area contributed by atoms with Gasteiger partial charge in [-0.3, -0.25) is 0 Å². The molecule has 0 spiro atoms. The molecule has 108 valence electrons. The number of methoxy groups -OCH3 is 1. The largest absolute Gasteiger partial charge is 0.382 e. The minimum atomic E-state index is -0.164. The molecule has 0 fully saturated rings. The Morgan fingerprint density at radius 1 is 1.16 bits per heavy atom. The zero-order valence-corrected chi connectivity index (χ0v) is 12.9. The van der Waals surface area contributed by atoms with Crippen LogP contribution in [0, 0.1) is 13.8 Å². The molecule has 0 bridgehead atoms. The predicted molar refractivity (Wildman–Crippen MR) is 79.9 cm³/mol. The Labute approximate surface area is 116 Å². The molecule has 5 heteroatoms. The van der Waals surface area contributed by atoms with E-state index in [0.29, 0.717) is 6.61 Å². The summed E-state index contributed by atoms with van der Waals surface area (Å²) in [5.74, 6) is 2.54. The average Bonchev–Trinajstić information content (AvgIpc) is 2.31. The van der Waals surface area contributed by atoms with E-state index < -0.39 is 0 Å². The molecule has 0 aliphatic heterocycles. The Morgan fingerprint density at radius 2 is 1.79 bits per heavy atom. The van der Waals surface area contributed by atoms with Gasteiger partial charge in [0.05, 0.1) is 12.1 Å². The highest BCUT2D eigenvalue weighted by atomic mass is 16.5. The predicted octanol–water partition coefficient (Wildman–Crippen LogP) is 2.75. The molecule has 1 aromatic rings. The van der Waals surface area contributed by atoms with E-state index in [4.69, 9.17) is 4.74 Å². The number of hydrogen-bond acceptors (Lipinski definition) is 5. The van der Waals surface area contributed by atoms with E-state index in [1.54, 1.807) is 7.11 Å². The van der Waals surface area contributed by atoms with Gasteiger partial charge in [0.15, 0.2) is 0 Å². The maximum atomic E-state index is 5.22. The summed E-state index contributed by atoms with van der Waals surface area (Å²) in [7, 11) is 1.70. The fourth-order valence-corrected chi connectivity index (χ4v) is 1.88. The molecule has 0 amide bonds. The molecule has 0 radical (unpaired) electrons. The number of anilines is 2. The standard InChI is InChI=1S/C14H26N4O/c1-7-8-15-12-10(2)13(17-11(3)16-12)18-14(4,5)9-19-6/h7-9H2,1-6H3,(H2,15,16,17,18). The highest BCUT2D eigenvalue weighted by molar-refractivity contribution is 5.58. The third-order valence-electron chi connectivity index (χ3n) is 2.76. The van der Waals surface area contributed by atoms with Gasteiger partial charge in [0.2, 0.25) is 0 Å². The van der Waals surface area contributed by atoms with E-state index in [-0.39, 0.29) is 5.54 Å². The van der Waals surface area contributed by atoms with E-state index in [1.807, 2.05) is 13.8 Å². The van der Waals surface area contributed by atoms with E-state index in [1.165, 1.54) is 0 Å². The molecule has 1 rings (SSSR count). The fraction of sp³-hybridized carbons (Fsp3) is 0.714. The van der Waals surface area contributed by atoms with Gasteiger partial charge in [0.1, 0.15) is 17.5 Å². The molecule has 0 atom stereocenters. The van der Waals surface area contributed by atoms with Gasteiger partial charge in [-0.05, 0) is 34.1 Å². The van der Waals surface area contributed by atoms with Crippen molar-refractivity contribution in [3.8, 4) is 0 Å². The second-order valence-electron chi connectivity index (χ2n) is 5.46. The van der Waals surface area contributed by atoms with Crippen LogP contribution in [-0.4, -0.2) is 35.8 Å². The van der Waals surface area contributed by atoms with Crippen LogP contribution in [0.25, 0.3) is 0 Å². The summed E-state index contributed by atoms with van der Waals surface area (Å²) in [6.45, 7) is 11.8. The van der Waals surface area contributed by atoms with Crippen molar-refractivity contribution in [2.75, 3.05) is 30.9 Å². The monoisotopic (exact) mass is 266 g/mol. The first-order valence-corrected chi connectivity index (χ1v) is 6.76. The van der Waals surface area contributed by atoms with E-state index in [0.717, 1.165) is 36.0 Å². The molecule has 0 aromatic carbocycles. The number of hydrogen-bond donors (Lipinski definition) is 2. The fourth-order valence-electron chi connectivity index (χ4n) is 1.88. The van der Waals surface area contributed by atoms with Crippen LogP contribution in [0.5, 0.6) is 0 Å². The summed E-state index contributed by atoms with van der Waals surface area (Å²) >= 11 is 0. The molecule has 0 aliphatic carbocycles. The van der Waals surface area contributed by atoms with Crippen molar-refractivity contribution >= 4 is 11.6 Å². The van der Waals surface area contributed by atoms with Crippen LogP contribution >= 0.6 is 0 Å². The van der Waals surface area contributed by atoms with Crippen LogP contribution in [0.4, 0.5) is 11.6 Å². The summed E-state index contributed by atoms with van der Waals surface area (Å²) in [5.41, 5.74) is 0.880. The Morgan fingerprint density at radius 3 is 2.37 bits per heavy atom. The average molecular weight is 266 g/mol. The van der Waals surface area contributed by atoms with E-state index in [9.17, 15) is 0 Å². The molecular formula is C14H26N4O. The summed E-state index contributed by atoms with van der Waals surface area (Å²) in [4.78, 5) is 8.94. The zero-order chi connectivity index (χ0) is 14.5. The zero-order valence-electron chi connectivity index (χ0n) is 12.9. The molecule has 0 saturated carbocycles. The summed E-state index contributed by atoms with van der Waals surface area (Å²) < 4.78 is 5.22. The van der Waals surface area contributed by atoms with E-state index in [2.05, 4.69) is 41.4 Å². The Hall–Kier alpha value is -1.36. The lowest BCUT2D eigenvalue weighted by molar-refractivity contribution is 0.158. The Bertz CT molecular complexity index is 418. The number of ether oxygens (including phenoxy) is 1. The van der Waals surface area contributed by atoms with Crippen molar-refractivity contribution in [2.24, 2.45) is 0 Å². The molecular weight excluding hydrogens is 240 g/mol. The lowest BCUT2D eigenvalue weighted by Gasteiger charge is -2.27. The summed E-state index contributed by atoms with van der Waals surface area (Å²) in [6.07, 6.45) is 1.07. The van der Waals surface area contributed by atoms with Crippen LogP contribution in [-0.2, 0) is 4.74 Å². The lowest BCUT2D eigenvalue weighted by Crippen LogP contribution is -2.36. The minimum absolute atomic E-state index is 0.164. The van der Waals surface area contributed by atoms with Crippen LogP contribution in [0.1, 0.15) is 38.6 Å². The topological polar surface area (TPSA) is 59.1 Å². The van der Waals surface area contributed by atoms with Gasteiger partial charge in [-0.25, -0.2) is 9.97 Å². The molecule has 0 saturated heterocycles. The van der Waals surface area contributed by atoms with E-state index >= 15 is 0 Å². The van der Waals surface area contributed by atoms with Gasteiger partial charge in [0, 0.05) is 19.2 Å². The first-order valence-electron chi connectivity index (χ1n) is 6.76. The van der Waals surface area contributed by atoms with Gasteiger partial charge < -0.3 is 15.4 Å². The Balaban J connectivity index is 2.97. The van der Waals surface area contributed by atoms with Crippen molar-refractivity contribution in [3.05, 3.63) is 11.4 Å². The van der Waals surface area contributed by atoms with Crippen LogP contribution < -0.4 is 10.6 Å². The maximum Gasteiger partial charge on any atom is 0.135 e. The van der Waals surface area contributed by atoms with Crippen LogP contribution in [0.15, 0.2) is 0 Å². The number of nitrogens with zero attached hydrogens (tertiary/aromatic N) is 2. The Kier molecular flexibility index (Phi) is 5.54. The number of nitrogens with one attached hydrogen (secondary N) is 2. The first kappa shape index (κ1) is 15.7. The summed E-state index contributed by atoms with van der Waals surface area (Å²) in [5, 5.41) is 6.77. The molecule has 0 unspecified atom stereocenters.